The first kappa shape index (κ1) is 39.8. The highest BCUT2D eigenvalue weighted by molar-refractivity contribution is 5.94. The molecule has 11 aromatic carbocycles. The molecule has 0 saturated heterocycles. The summed E-state index contributed by atoms with van der Waals surface area (Å²) in [5.41, 5.74) is 20.9. The van der Waals surface area contributed by atoms with E-state index in [0.717, 1.165) is 73.4 Å². The number of anilines is 3. The summed E-state index contributed by atoms with van der Waals surface area (Å²) in [7, 11) is 0. The fourth-order valence-corrected chi connectivity index (χ4v) is 12.7. The second-order valence-electron chi connectivity index (χ2n) is 19.0. The van der Waals surface area contributed by atoms with E-state index in [2.05, 4.69) is 266 Å². The van der Waals surface area contributed by atoms with Crippen molar-refractivity contribution in [1.29, 1.82) is 0 Å². The van der Waals surface area contributed by atoms with Gasteiger partial charge in [0.15, 0.2) is 5.75 Å². The Kier molecular flexibility index (Phi) is 8.49. The van der Waals surface area contributed by atoms with E-state index in [1.54, 1.807) is 0 Å². The third kappa shape index (κ3) is 5.49. The molecule has 0 N–H and O–H groups in total. The minimum Gasteiger partial charge on any atom is -0.457 e. The molecule has 15 rings (SSSR count). The van der Waals surface area contributed by atoms with Gasteiger partial charge in [-0.2, -0.15) is 0 Å². The van der Waals surface area contributed by atoms with E-state index in [9.17, 15) is 0 Å². The molecular formula is C68H43NO2. The zero-order valence-electron chi connectivity index (χ0n) is 38.6. The number of hydrogen-bond donors (Lipinski definition) is 0. The van der Waals surface area contributed by atoms with Crippen molar-refractivity contribution in [2.24, 2.45) is 0 Å². The molecule has 2 aliphatic heterocycles. The fraction of sp³-hybridized carbons (Fsp3) is 0.0294. The van der Waals surface area contributed by atoms with Gasteiger partial charge in [-0.05, 0) is 115 Å². The second-order valence-corrected chi connectivity index (χ2v) is 19.0. The smallest absolute Gasteiger partial charge is 0.156 e. The highest BCUT2D eigenvalue weighted by Gasteiger charge is 2.53. The molecule has 2 heterocycles. The van der Waals surface area contributed by atoms with Gasteiger partial charge in [-0.25, -0.2) is 0 Å². The van der Waals surface area contributed by atoms with Crippen molar-refractivity contribution in [2.45, 2.75) is 10.8 Å². The van der Waals surface area contributed by atoms with E-state index in [-0.39, 0.29) is 0 Å². The van der Waals surface area contributed by atoms with Crippen LogP contribution in [-0.2, 0) is 10.8 Å². The van der Waals surface area contributed by atoms with E-state index >= 15 is 0 Å². The molecule has 4 aliphatic rings. The molecule has 71 heavy (non-hydrogen) atoms. The van der Waals surface area contributed by atoms with Crippen molar-refractivity contribution in [3.63, 3.8) is 0 Å². The summed E-state index contributed by atoms with van der Waals surface area (Å²) < 4.78 is 14.1. The lowest BCUT2D eigenvalue weighted by molar-refractivity contribution is 0.436. The third-order valence-corrected chi connectivity index (χ3v) is 15.6. The topological polar surface area (TPSA) is 21.7 Å². The third-order valence-electron chi connectivity index (χ3n) is 15.6. The standard InChI is InChI=1S/C68H43NO2/c1-2-17-44(18-3-1)45-33-35-46(36-34-45)47-37-39-48(40-38-47)69(49-41-42-53-52-21-6-9-24-56(52)68(61(53)43-49)57-25-10-13-30-63(57)70-64-31-14-11-26-58(64)68)62-29-16-28-60-66(62)71-65-32-15-12-27-59(65)67(60)54-22-7-4-19-50(54)51-20-5-8-23-55(51)67/h1-43H. The van der Waals surface area contributed by atoms with E-state index in [1.807, 2.05) is 0 Å². The average molecular weight is 906 g/mol. The number of nitrogens with zero attached hydrogens (tertiary/aromatic N) is 1. The van der Waals surface area contributed by atoms with Crippen LogP contribution in [0.25, 0.3) is 44.5 Å². The van der Waals surface area contributed by atoms with Crippen molar-refractivity contribution in [1.82, 2.24) is 0 Å². The molecule has 0 radical (unpaired) electrons. The highest BCUT2D eigenvalue weighted by Crippen LogP contribution is 2.66. The lowest BCUT2D eigenvalue weighted by atomic mass is 9.66. The Morgan fingerprint density at radius 2 is 0.634 bits per heavy atom. The van der Waals surface area contributed by atoms with Crippen LogP contribution >= 0.6 is 0 Å². The Balaban J connectivity index is 0.976. The van der Waals surface area contributed by atoms with E-state index in [4.69, 9.17) is 9.47 Å². The molecule has 0 fully saturated rings. The number of para-hydroxylation sites is 4. The maximum Gasteiger partial charge on any atom is 0.156 e. The Labute approximate surface area is 413 Å². The molecule has 0 atom stereocenters. The van der Waals surface area contributed by atoms with Crippen LogP contribution in [-0.4, -0.2) is 0 Å². The normalized spacial score (nSPS) is 14.1. The van der Waals surface area contributed by atoms with Gasteiger partial charge in [0, 0.05) is 33.6 Å². The summed E-state index contributed by atoms with van der Waals surface area (Å²) in [5.74, 6) is 3.43. The van der Waals surface area contributed by atoms with E-state index < -0.39 is 10.8 Å². The van der Waals surface area contributed by atoms with Crippen LogP contribution in [0.4, 0.5) is 17.1 Å². The summed E-state index contributed by atoms with van der Waals surface area (Å²) in [5, 5.41) is 0. The largest absolute Gasteiger partial charge is 0.457 e. The number of hydrogen-bond acceptors (Lipinski definition) is 3. The summed E-state index contributed by atoms with van der Waals surface area (Å²) in [6.07, 6.45) is 0. The lowest BCUT2D eigenvalue weighted by Crippen LogP contribution is -2.33. The molecule has 332 valence electrons. The Hall–Kier alpha value is -9.18. The molecule has 2 spiro atoms. The second kappa shape index (κ2) is 15.2. The van der Waals surface area contributed by atoms with Gasteiger partial charge < -0.3 is 14.4 Å². The number of ether oxygens (including phenoxy) is 2. The summed E-state index contributed by atoms with van der Waals surface area (Å²) in [4.78, 5) is 2.42. The molecule has 0 saturated carbocycles. The molecule has 0 aromatic heterocycles. The fourth-order valence-electron chi connectivity index (χ4n) is 12.7. The molecule has 3 nitrogen and oxygen atoms in total. The first-order valence-electron chi connectivity index (χ1n) is 24.5. The van der Waals surface area contributed by atoms with Crippen molar-refractivity contribution in [3.05, 3.63) is 305 Å². The van der Waals surface area contributed by atoms with Gasteiger partial charge in [-0.3, -0.25) is 0 Å². The molecule has 0 bridgehead atoms. The minimum atomic E-state index is -0.637. The van der Waals surface area contributed by atoms with Crippen molar-refractivity contribution in [2.75, 3.05) is 4.90 Å². The summed E-state index contributed by atoms with van der Waals surface area (Å²) in [6.45, 7) is 0. The van der Waals surface area contributed by atoms with Crippen LogP contribution in [0.3, 0.4) is 0 Å². The van der Waals surface area contributed by atoms with Gasteiger partial charge in [-0.15, -0.1) is 0 Å². The number of rotatable bonds is 5. The zero-order chi connectivity index (χ0) is 46.7. The maximum absolute atomic E-state index is 7.38. The van der Waals surface area contributed by atoms with Crippen LogP contribution in [0.5, 0.6) is 23.0 Å². The van der Waals surface area contributed by atoms with Crippen LogP contribution in [0, 0.1) is 0 Å². The highest BCUT2D eigenvalue weighted by atomic mass is 16.5. The van der Waals surface area contributed by atoms with Gasteiger partial charge >= 0.3 is 0 Å². The van der Waals surface area contributed by atoms with E-state index in [0.29, 0.717) is 0 Å². The van der Waals surface area contributed by atoms with Crippen molar-refractivity contribution in [3.8, 4) is 67.5 Å². The summed E-state index contributed by atoms with van der Waals surface area (Å²) in [6, 6.07) is 95.0. The minimum absolute atomic E-state index is 0.617. The Bertz CT molecular complexity index is 3860. The SMILES string of the molecule is c1ccc(-c2ccc(-c3ccc(N(c4ccc5c(c4)C4(c6ccccc6Oc6ccccc64)c4ccccc4-5)c4cccc5c4Oc4ccccc4C54c5ccccc5-c5ccccc54)cc3)cc2)cc1. The lowest BCUT2D eigenvalue weighted by Gasteiger charge is -2.41. The molecular weight excluding hydrogens is 863 g/mol. The predicted molar refractivity (Wildman–Crippen MR) is 287 cm³/mol. The molecule has 11 aromatic rings. The first-order valence-corrected chi connectivity index (χ1v) is 24.5. The van der Waals surface area contributed by atoms with Crippen molar-refractivity contribution >= 4 is 17.1 Å². The van der Waals surface area contributed by atoms with Crippen molar-refractivity contribution < 1.29 is 9.47 Å². The number of fused-ring (bicyclic) bond motifs is 18. The van der Waals surface area contributed by atoms with Gasteiger partial charge in [-0.1, -0.05) is 212 Å². The van der Waals surface area contributed by atoms with Crippen LogP contribution in [0.1, 0.15) is 44.5 Å². The average Bonchev–Trinajstić information content (AvgIpc) is 3.90. The first-order chi connectivity index (χ1) is 35.2. The molecule has 2 aliphatic carbocycles. The number of benzene rings is 11. The van der Waals surface area contributed by atoms with Crippen LogP contribution in [0.15, 0.2) is 261 Å². The molecule has 0 unspecified atom stereocenters. The Morgan fingerprint density at radius 3 is 1.17 bits per heavy atom. The van der Waals surface area contributed by atoms with Crippen LogP contribution in [0.2, 0.25) is 0 Å². The quantitative estimate of drug-likeness (QED) is 0.172. The monoisotopic (exact) mass is 905 g/mol. The van der Waals surface area contributed by atoms with Gasteiger partial charge in [0.2, 0.25) is 0 Å². The van der Waals surface area contributed by atoms with Crippen LogP contribution < -0.4 is 14.4 Å². The zero-order valence-corrected chi connectivity index (χ0v) is 38.6. The predicted octanol–water partition coefficient (Wildman–Crippen LogP) is 17.4. The summed E-state index contributed by atoms with van der Waals surface area (Å²) >= 11 is 0. The molecule has 0 amide bonds. The van der Waals surface area contributed by atoms with Gasteiger partial charge in [0.05, 0.1) is 16.5 Å². The molecule has 3 heteroatoms. The van der Waals surface area contributed by atoms with E-state index in [1.165, 1.54) is 55.6 Å². The Morgan fingerprint density at radius 1 is 0.254 bits per heavy atom. The van der Waals surface area contributed by atoms with Gasteiger partial charge in [0.1, 0.15) is 17.2 Å². The maximum atomic E-state index is 7.38. The van der Waals surface area contributed by atoms with Gasteiger partial charge in [0.25, 0.3) is 0 Å².